The minimum absolute atomic E-state index is 0.102. The van der Waals surface area contributed by atoms with Crippen LogP contribution in [0.4, 0.5) is 5.69 Å². The van der Waals surface area contributed by atoms with Gasteiger partial charge in [0.05, 0.1) is 5.92 Å². The Morgan fingerprint density at radius 2 is 1.88 bits per heavy atom. The number of anilines is 1. The fraction of sp³-hybridized carbons (Fsp3) is 0.444. The highest BCUT2D eigenvalue weighted by molar-refractivity contribution is 6.38. The first-order valence-electron chi connectivity index (χ1n) is 4.66. The van der Waals surface area contributed by atoms with E-state index in [-0.39, 0.29) is 33.9 Å². The number of nitrogens with one attached hydrogen (secondary N) is 1. The quantitative estimate of drug-likeness (QED) is 0.813. The second kappa shape index (κ2) is 5.43. The van der Waals surface area contributed by atoms with Gasteiger partial charge < -0.3 is 11.1 Å². The molecule has 88 valence electrons. The molecule has 3 N–H and O–H groups in total. The molecule has 2 unspecified atom stereocenters. The summed E-state index contributed by atoms with van der Waals surface area (Å²) in [7, 11) is 0. The van der Waals surface area contributed by atoms with Crippen molar-refractivity contribution < 1.29 is 4.79 Å². The molecule has 0 aliphatic heterocycles. The fourth-order valence-electron chi connectivity index (χ4n) is 0.923. The molecule has 7 heteroatoms. The van der Waals surface area contributed by atoms with Gasteiger partial charge in [0.15, 0.2) is 10.3 Å². The van der Waals surface area contributed by atoms with Crippen LogP contribution >= 0.6 is 23.2 Å². The lowest BCUT2D eigenvalue weighted by molar-refractivity contribution is -0.119. The molecule has 0 aromatic carbocycles. The molecule has 1 rings (SSSR count). The summed E-state index contributed by atoms with van der Waals surface area (Å²) in [5, 5.41) is 2.76. The monoisotopic (exact) mass is 262 g/mol. The van der Waals surface area contributed by atoms with Crippen LogP contribution in [0, 0.1) is 5.92 Å². The summed E-state index contributed by atoms with van der Waals surface area (Å²) in [6.07, 6.45) is 1.22. The maximum atomic E-state index is 11.7. The lowest BCUT2D eigenvalue weighted by Crippen LogP contribution is -2.34. The van der Waals surface area contributed by atoms with Crippen molar-refractivity contribution in [1.82, 2.24) is 9.97 Å². The Balaban J connectivity index is 2.85. The summed E-state index contributed by atoms with van der Waals surface area (Å²) in [5.41, 5.74) is 5.82. The molecular formula is C9H12Cl2N4O. The maximum absolute atomic E-state index is 11.7. The van der Waals surface area contributed by atoms with E-state index in [9.17, 15) is 4.79 Å². The molecule has 5 nitrogen and oxygen atoms in total. The molecule has 0 bridgehead atoms. The number of nitrogens with two attached hydrogens (primary N) is 1. The Morgan fingerprint density at radius 1 is 1.38 bits per heavy atom. The van der Waals surface area contributed by atoms with Crippen LogP contribution in [-0.2, 0) is 4.79 Å². The van der Waals surface area contributed by atoms with Crippen molar-refractivity contribution in [2.24, 2.45) is 11.7 Å². The van der Waals surface area contributed by atoms with Crippen LogP contribution in [0.25, 0.3) is 0 Å². The SMILES string of the molecule is CC(N)C(C)C(=O)Nc1c(Cl)ncnc1Cl. The molecule has 1 heterocycles. The summed E-state index contributed by atoms with van der Waals surface area (Å²) in [5.74, 6) is -0.624. The molecular weight excluding hydrogens is 251 g/mol. The molecule has 0 aliphatic rings. The van der Waals surface area contributed by atoms with Gasteiger partial charge in [-0.3, -0.25) is 4.79 Å². The molecule has 1 aromatic heterocycles. The number of carbonyl (C=O) groups excluding carboxylic acids is 1. The Bertz CT molecular complexity index is 377. The Kier molecular flexibility index (Phi) is 4.46. The molecule has 1 aromatic rings. The van der Waals surface area contributed by atoms with Crippen LogP contribution in [0.15, 0.2) is 6.33 Å². The standard InChI is InChI=1S/C9H12Cl2N4O/c1-4(5(2)12)9(16)15-6-7(10)13-3-14-8(6)11/h3-5H,12H2,1-2H3,(H,15,16). The van der Waals surface area contributed by atoms with Crippen LogP contribution in [0.1, 0.15) is 13.8 Å². The van der Waals surface area contributed by atoms with Gasteiger partial charge in [0.1, 0.15) is 12.0 Å². The first-order valence-corrected chi connectivity index (χ1v) is 5.41. The molecule has 0 radical (unpaired) electrons. The zero-order valence-corrected chi connectivity index (χ0v) is 10.4. The normalized spacial score (nSPS) is 14.3. The summed E-state index contributed by atoms with van der Waals surface area (Å²) < 4.78 is 0. The van der Waals surface area contributed by atoms with E-state index in [1.54, 1.807) is 13.8 Å². The highest BCUT2D eigenvalue weighted by Crippen LogP contribution is 2.26. The zero-order valence-electron chi connectivity index (χ0n) is 8.87. The number of halogens is 2. The maximum Gasteiger partial charge on any atom is 0.228 e. The molecule has 0 aliphatic carbocycles. The third kappa shape index (κ3) is 3.04. The first-order chi connectivity index (χ1) is 7.43. The lowest BCUT2D eigenvalue weighted by atomic mass is 10.0. The third-order valence-electron chi connectivity index (χ3n) is 2.21. The number of amides is 1. The first kappa shape index (κ1) is 13.2. The topological polar surface area (TPSA) is 80.9 Å². The zero-order chi connectivity index (χ0) is 12.3. The van der Waals surface area contributed by atoms with E-state index in [1.807, 2.05) is 0 Å². The third-order valence-corrected chi connectivity index (χ3v) is 2.78. The van der Waals surface area contributed by atoms with Gasteiger partial charge in [-0.1, -0.05) is 30.1 Å². The van der Waals surface area contributed by atoms with Crippen molar-refractivity contribution in [2.75, 3.05) is 5.32 Å². The largest absolute Gasteiger partial charge is 0.327 e. The molecule has 0 fully saturated rings. The minimum Gasteiger partial charge on any atom is -0.327 e. The summed E-state index contributed by atoms with van der Waals surface area (Å²) in [6, 6.07) is -0.262. The van der Waals surface area contributed by atoms with E-state index in [4.69, 9.17) is 28.9 Å². The van der Waals surface area contributed by atoms with Crippen LogP contribution in [-0.4, -0.2) is 21.9 Å². The summed E-state index contributed by atoms with van der Waals surface area (Å²) >= 11 is 11.6. The Hall–Kier alpha value is -0.910. The van der Waals surface area contributed by atoms with Gasteiger partial charge in [-0.15, -0.1) is 0 Å². The summed E-state index contributed by atoms with van der Waals surface area (Å²) in [6.45, 7) is 3.46. The highest BCUT2D eigenvalue weighted by Gasteiger charge is 2.19. The van der Waals surface area contributed by atoms with Gasteiger partial charge in [-0.25, -0.2) is 9.97 Å². The number of hydrogen-bond acceptors (Lipinski definition) is 4. The van der Waals surface area contributed by atoms with Gasteiger partial charge in [0, 0.05) is 6.04 Å². The average Bonchev–Trinajstić information content (AvgIpc) is 2.22. The second-order valence-electron chi connectivity index (χ2n) is 3.47. The van der Waals surface area contributed by atoms with Gasteiger partial charge in [0.2, 0.25) is 5.91 Å². The average molecular weight is 263 g/mol. The number of hydrogen-bond donors (Lipinski definition) is 2. The number of aromatic nitrogens is 2. The lowest BCUT2D eigenvalue weighted by Gasteiger charge is -2.15. The van der Waals surface area contributed by atoms with E-state index in [2.05, 4.69) is 15.3 Å². The van der Waals surface area contributed by atoms with Gasteiger partial charge in [0.25, 0.3) is 0 Å². The van der Waals surface area contributed by atoms with E-state index >= 15 is 0 Å². The number of carbonyl (C=O) groups is 1. The molecule has 0 spiro atoms. The predicted molar refractivity (Wildman–Crippen MR) is 63.5 cm³/mol. The van der Waals surface area contributed by atoms with E-state index < -0.39 is 0 Å². The number of nitrogens with zero attached hydrogens (tertiary/aromatic N) is 2. The highest BCUT2D eigenvalue weighted by atomic mass is 35.5. The van der Waals surface area contributed by atoms with Gasteiger partial charge in [-0.2, -0.15) is 0 Å². The van der Waals surface area contributed by atoms with E-state index in [1.165, 1.54) is 6.33 Å². The van der Waals surface area contributed by atoms with Crippen molar-refractivity contribution in [3.63, 3.8) is 0 Å². The van der Waals surface area contributed by atoms with Crippen molar-refractivity contribution in [3.05, 3.63) is 16.6 Å². The number of rotatable bonds is 3. The van der Waals surface area contributed by atoms with Crippen molar-refractivity contribution >= 4 is 34.8 Å². The van der Waals surface area contributed by atoms with Crippen LogP contribution in [0.3, 0.4) is 0 Å². The minimum atomic E-state index is -0.354. The van der Waals surface area contributed by atoms with Crippen LogP contribution < -0.4 is 11.1 Å². The Labute approximate surface area is 103 Å². The molecule has 0 saturated carbocycles. The van der Waals surface area contributed by atoms with Crippen molar-refractivity contribution in [2.45, 2.75) is 19.9 Å². The molecule has 1 amide bonds. The van der Waals surface area contributed by atoms with Gasteiger partial charge >= 0.3 is 0 Å². The van der Waals surface area contributed by atoms with E-state index in [0.29, 0.717) is 0 Å². The fourth-order valence-corrected chi connectivity index (χ4v) is 1.33. The predicted octanol–water partition coefficient (Wildman–Crippen LogP) is 1.71. The second-order valence-corrected chi connectivity index (χ2v) is 4.18. The molecule has 0 saturated heterocycles. The molecule has 16 heavy (non-hydrogen) atoms. The van der Waals surface area contributed by atoms with Crippen molar-refractivity contribution in [1.29, 1.82) is 0 Å². The Morgan fingerprint density at radius 3 is 2.31 bits per heavy atom. The smallest absolute Gasteiger partial charge is 0.228 e. The van der Waals surface area contributed by atoms with E-state index in [0.717, 1.165) is 0 Å². The van der Waals surface area contributed by atoms with Gasteiger partial charge in [-0.05, 0) is 6.92 Å². The summed E-state index contributed by atoms with van der Waals surface area (Å²) in [4.78, 5) is 19.1. The van der Waals surface area contributed by atoms with Crippen LogP contribution in [0.2, 0.25) is 10.3 Å². The van der Waals surface area contributed by atoms with Crippen LogP contribution in [0.5, 0.6) is 0 Å². The molecule has 2 atom stereocenters. The van der Waals surface area contributed by atoms with Crippen molar-refractivity contribution in [3.8, 4) is 0 Å².